The van der Waals surface area contributed by atoms with Gasteiger partial charge < -0.3 is 10.2 Å². The number of halogens is 1. The molecule has 1 aliphatic heterocycles. The van der Waals surface area contributed by atoms with Crippen LogP contribution in [0.2, 0.25) is 5.02 Å². The van der Waals surface area contributed by atoms with E-state index in [2.05, 4.69) is 61.3 Å². The molecule has 0 amide bonds. The van der Waals surface area contributed by atoms with E-state index in [1.807, 2.05) is 24.3 Å². The molecular formula is C23H25ClN4. The molecular weight excluding hydrogens is 368 g/mol. The summed E-state index contributed by atoms with van der Waals surface area (Å²) in [6.45, 7) is 7.44. The molecule has 0 saturated carbocycles. The average Bonchev–Trinajstić information content (AvgIpc) is 2.67. The summed E-state index contributed by atoms with van der Waals surface area (Å²) in [5, 5.41) is 4.01. The van der Waals surface area contributed by atoms with Crippen molar-refractivity contribution in [1.82, 2.24) is 9.97 Å². The van der Waals surface area contributed by atoms with Gasteiger partial charge in [0.15, 0.2) is 0 Å². The van der Waals surface area contributed by atoms with Crippen LogP contribution in [0.4, 0.5) is 17.5 Å². The zero-order valence-electron chi connectivity index (χ0n) is 16.5. The molecule has 0 fully saturated rings. The smallest absolute Gasteiger partial charge is 0.229 e. The Hall–Kier alpha value is -2.59. The standard InChI is InChI=1S/C23H25ClN4/c1-15(2)21-13-22(27-23(26-21)25-20-10-6-9-19(24)12-20)28-14-18-8-5-4-7-17(18)11-16(28)3/h4-10,12-13,15-16H,11,14H2,1-3H3,(H,25,26,27)/t16-/m0/s1. The molecule has 2 heterocycles. The Labute approximate surface area is 171 Å². The molecule has 4 rings (SSSR count). The summed E-state index contributed by atoms with van der Waals surface area (Å²) in [7, 11) is 0. The van der Waals surface area contributed by atoms with Gasteiger partial charge in [-0.2, -0.15) is 4.98 Å². The van der Waals surface area contributed by atoms with Gasteiger partial charge in [0, 0.05) is 29.4 Å². The van der Waals surface area contributed by atoms with Crippen LogP contribution in [-0.2, 0) is 13.0 Å². The van der Waals surface area contributed by atoms with E-state index in [-0.39, 0.29) is 0 Å². The molecule has 1 N–H and O–H groups in total. The number of aromatic nitrogens is 2. The van der Waals surface area contributed by atoms with Gasteiger partial charge in [0.1, 0.15) is 5.82 Å². The second-order valence-corrected chi connectivity index (χ2v) is 8.15. The number of benzene rings is 2. The summed E-state index contributed by atoms with van der Waals surface area (Å²) in [6.07, 6.45) is 1.02. The van der Waals surface area contributed by atoms with Crippen LogP contribution in [0, 0.1) is 0 Å². The van der Waals surface area contributed by atoms with Crippen LogP contribution in [0.3, 0.4) is 0 Å². The SMILES string of the molecule is CC(C)c1cc(N2Cc3ccccc3C[C@@H]2C)nc(Nc2cccc(Cl)c2)n1. The lowest BCUT2D eigenvalue weighted by Crippen LogP contribution is -2.39. The fourth-order valence-corrected chi connectivity index (χ4v) is 3.82. The van der Waals surface area contributed by atoms with Gasteiger partial charge in [-0.15, -0.1) is 0 Å². The number of nitrogens with one attached hydrogen (secondary N) is 1. The lowest BCUT2D eigenvalue weighted by molar-refractivity contribution is 0.585. The normalized spacial score (nSPS) is 16.2. The number of anilines is 3. The summed E-state index contributed by atoms with van der Waals surface area (Å²) >= 11 is 6.12. The van der Waals surface area contributed by atoms with Crippen molar-refractivity contribution >= 4 is 29.1 Å². The second kappa shape index (κ2) is 7.80. The van der Waals surface area contributed by atoms with Crippen molar-refractivity contribution in [1.29, 1.82) is 0 Å². The van der Waals surface area contributed by atoms with Crippen molar-refractivity contribution in [3.63, 3.8) is 0 Å². The lowest BCUT2D eigenvalue weighted by Gasteiger charge is -2.36. The third-order valence-electron chi connectivity index (χ3n) is 5.21. The number of rotatable bonds is 4. The number of fused-ring (bicyclic) bond motifs is 1. The quantitative estimate of drug-likeness (QED) is 0.595. The highest BCUT2D eigenvalue weighted by molar-refractivity contribution is 6.30. The molecule has 1 atom stereocenters. The van der Waals surface area contributed by atoms with Gasteiger partial charge >= 0.3 is 0 Å². The summed E-state index contributed by atoms with van der Waals surface area (Å²) in [4.78, 5) is 12.0. The molecule has 0 saturated heterocycles. The highest BCUT2D eigenvalue weighted by Crippen LogP contribution is 2.30. The number of hydrogen-bond acceptors (Lipinski definition) is 4. The maximum absolute atomic E-state index is 6.12. The first-order chi connectivity index (χ1) is 13.5. The molecule has 0 aliphatic carbocycles. The van der Waals surface area contributed by atoms with Crippen molar-refractivity contribution in [3.05, 3.63) is 76.4 Å². The van der Waals surface area contributed by atoms with E-state index in [4.69, 9.17) is 21.6 Å². The minimum Gasteiger partial charge on any atom is -0.349 e. The van der Waals surface area contributed by atoms with Gasteiger partial charge in [-0.1, -0.05) is 55.8 Å². The molecule has 28 heavy (non-hydrogen) atoms. The molecule has 0 bridgehead atoms. The van der Waals surface area contributed by atoms with E-state index in [0.717, 1.165) is 30.2 Å². The van der Waals surface area contributed by atoms with Gasteiger partial charge in [0.2, 0.25) is 5.95 Å². The van der Waals surface area contributed by atoms with Gasteiger partial charge in [-0.3, -0.25) is 0 Å². The highest BCUT2D eigenvalue weighted by atomic mass is 35.5. The van der Waals surface area contributed by atoms with Crippen LogP contribution < -0.4 is 10.2 Å². The topological polar surface area (TPSA) is 41.1 Å². The zero-order chi connectivity index (χ0) is 19.7. The summed E-state index contributed by atoms with van der Waals surface area (Å²) < 4.78 is 0. The van der Waals surface area contributed by atoms with E-state index in [0.29, 0.717) is 22.9 Å². The predicted octanol–water partition coefficient (Wildman–Crippen LogP) is 5.95. The molecule has 2 aromatic carbocycles. The molecule has 0 unspecified atom stereocenters. The van der Waals surface area contributed by atoms with Gasteiger partial charge in [0.05, 0.1) is 5.69 Å². The fraction of sp³-hybridized carbons (Fsp3) is 0.304. The molecule has 0 radical (unpaired) electrons. The summed E-state index contributed by atoms with van der Waals surface area (Å²) in [6, 6.07) is 18.8. The first-order valence-electron chi connectivity index (χ1n) is 9.74. The van der Waals surface area contributed by atoms with Crippen LogP contribution >= 0.6 is 11.6 Å². The Morgan fingerprint density at radius 2 is 1.82 bits per heavy atom. The van der Waals surface area contributed by atoms with Gasteiger partial charge in [0.25, 0.3) is 0 Å². The monoisotopic (exact) mass is 392 g/mol. The number of hydrogen-bond donors (Lipinski definition) is 1. The molecule has 4 nitrogen and oxygen atoms in total. The molecule has 0 spiro atoms. The first kappa shape index (κ1) is 18.8. The maximum Gasteiger partial charge on any atom is 0.229 e. The van der Waals surface area contributed by atoms with Gasteiger partial charge in [-0.25, -0.2) is 4.98 Å². The Bertz CT molecular complexity index is 986. The summed E-state index contributed by atoms with van der Waals surface area (Å²) in [5.74, 6) is 1.88. The Morgan fingerprint density at radius 3 is 2.57 bits per heavy atom. The van der Waals surface area contributed by atoms with Crippen molar-refractivity contribution in [2.24, 2.45) is 0 Å². The predicted molar refractivity (Wildman–Crippen MR) is 117 cm³/mol. The van der Waals surface area contributed by atoms with Crippen molar-refractivity contribution in [2.45, 2.75) is 45.7 Å². The van der Waals surface area contributed by atoms with E-state index >= 15 is 0 Å². The van der Waals surface area contributed by atoms with E-state index in [1.54, 1.807) is 0 Å². The Kier molecular flexibility index (Phi) is 5.23. The first-order valence-corrected chi connectivity index (χ1v) is 10.1. The Morgan fingerprint density at radius 1 is 1.04 bits per heavy atom. The molecule has 1 aliphatic rings. The molecule has 1 aromatic heterocycles. The van der Waals surface area contributed by atoms with Crippen LogP contribution in [0.25, 0.3) is 0 Å². The fourth-order valence-electron chi connectivity index (χ4n) is 3.63. The maximum atomic E-state index is 6.12. The lowest BCUT2D eigenvalue weighted by atomic mass is 9.95. The zero-order valence-corrected chi connectivity index (χ0v) is 17.2. The van der Waals surface area contributed by atoms with Crippen LogP contribution in [0.1, 0.15) is 43.5 Å². The molecule has 144 valence electrons. The third kappa shape index (κ3) is 3.97. The van der Waals surface area contributed by atoms with Crippen LogP contribution in [-0.4, -0.2) is 16.0 Å². The third-order valence-corrected chi connectivity index (χ3v) is 5.44. The summed E-state index contributed by atoms with van der Waals surface area (Å²) in [5.41, 5.74) is 4.72. The average molecular weight is 393 g/mol. The van der Waals surface area contributed by atoms with E-state index in [9.17, 15) is 0 Å². The molecule has 5 heteroatoms. The van der Waals surface area contributed by atoms with Crippen molar-refractivity contribution < 1.29 is 0 Å². The molecule has 3 aromatic rings. The highest BCUT2D eigenvalue weighted by Gasteiger charge is 2.25. The van der Waals surface area contributed by atoms with E-state index < -0.39 is 0 Å². The van der Waals surface area contributed by atoms with Gasteiger partial charge in [-0.05, 0) is 48.6 Å². The van der Waals surface area contributed by atoms with Crippen molar-refractivity contribution in [3.8, 4) is 0 Å². The van der Waals surface area contributed by atoms with E-state index in [1.165, 1.54) is 11.1 Å². The minimum absolute atomic E-state index is 0.314. The largest absolute Gasteiger partial charge is 0.349 e. The number of nitrogens with zero attached hydrogens (tertiary/aromatic N) is 3. The minimum atomic E-state index is 0.314. The van der Waals surface area contributed by atoms with Crippen molar-refractivity contribution in [2.75, 3.05) is 10.2 Å². The van der Waals surface area contributed by atoms with Crippen LogP contribution in [0.5, 0.6) is 0 Å². The second-order valence-electron chi connectivity index (χ2n) is 7.71. The van der Waals surface area contributed by atoms with Crippen LogP contribution in [0.15, 0.2) is 54.6 Å². The Balaban J connectivity index is 1.69.